The van der Waals surface area contributed by atoms with E-state index in [1.165, 1.54) is 0 Å². The van der Waals surface area contributed by atoms with Gasteiger partial charge in [0.15, 0.2) is 0 Å². The molecule has 0 aliphatic rings. The Hall–Kier alpha value is -4.01. The minimum Gasteiger partial charge on any atom is -0.391 e. The summed E-state index contributed by atoms with van der Waals surface area (Å²) in [6, 6.07) is 16.4. The third-order valence-electron chi connectivity index (χ3n) is 6.02. The first-order chi connectivity index (χ1) is 17.0. The van der Waals surface area contributed by atoms with Crippen LogP contribution in [0.4, 0.5) is 4.79 Å². The van der Waals surface area contributed by atoms with Crippen molar-refractivity contribution in [1.29, 1.82) is 0 Å². The quantitative estimate of drug-likeness (QED) is 0.380. The number of nitrogens with one attached hydrogen (secondary N) is 1. The number of aryl methyl sites for hydroxylation is 2. The summed E-state index contributed by atoms with van der Waals surface area (Å²) in [7, 11) is 1.82. The number of hydrogen-bond acceptors (Lipinski definition) is 6. The fourth-order valence-corrected chi connectivity index (χ4v) is 4.19. The third-order valence-corrected chi connectivity index (χ3v) is 6.02. The van der Waals surface area contributed by atoms with Gasteiger partial charge in [0, 0.05) is 37.7 Å². The van der Waals surface area contributed by atoms with Crippen molar-refractivity contribution in [2.45, 2.75) is 40.0 Å². The maximum Gasteiger partial charge on any atom is 0.416 e. The highest BCUT2D eigenvalue weighted by molar-refractivity contribution is 5.80. The van der Waals surface area contributed by atoms with Crippen molar-refractivity contribution in [3.63, 3.8) is 0 Å². The predicted octanol–water partition coefficient (Wildman–Crippen LogP) is 4.65. The average Bonchev–Trinajstić information content (AvgIpc) is 3.50. The molecule has 0 saturated carbocycles. The van der Waals surface area contributed by atoms with Gasteiger partial charge in [0.1, 0.15) is 0 Å². The molecule has 4 aromatic rings. The molecular formula is C26H31N7O2. The molecule has 0 unspecified atom stereocenters. The minimum atomic E-state index is -0.351. The van der Waals surface area contributed by atoms with E-state index in [0.717, 1.165) is 46.4 Å². The second-order valence-corrected chi connectivity index (χ2v) is 8.30. The number of carbonyl (C=O) groups excluding carboxylic acids is 1. The zero-order valence-corrected chi connectivity index (χ0v) is 20.7. The number of benzene rings is 2. The van der Waals surface area contributed by atoms with Gasteiger partial charge in [0.05, 0.1) is 5.69 Å². The topological polar surface area (TPSA) is 102 Å². The van der Waals surface area contributed by atoms with E-state index in [1.807, 2.05) is 45.2 Å². The molecule has 35 heavy (non-hydrogen) atoms. The molecular weight excluding hydrogens is 442 g/mol. The maximum absolute atomic E-state index is 12.7. The van der Waals surface area contributed by atoms with E-state index in [-0.39, 0.29) is 6.09 Å². The second-order valence-electron chi connectivity index (χ2n) is 8.30. The van der Waals surface area contributed by atoms with E-state index in [0.29, 0.717) is 31.2 Å². The van der Waals surface area contributed by atoms with Crippen molar-refractivity contribution >= 4 is 6.09 Å². The molecule has 0 radical (unpaired) electrons. The summed E-state index contributed by atoms with van der Waals surface area (Å²) in [4.78, 5) is 14.3. The lowest BCUT2D eigenvalue weighted by Crippen LogP contribution is -2.33. The standard InChI is InChI=1S/C26H31N7O2/c1-5-10-23-22(25(32(4)29-23)35-26(34)33(6-2)7-3)17-18-13-15-19(16-14-18)20-11-8-9-12-21(20)24-27-30-31-28-24/h8-9,11-16H,5-7,10,17H2,1-4H3,(H,27,28,30,31). The van der Waals surface area contributed by atoms with Crippen molar-refractivity contribution in [3.05, 3.63) is 65.4 Å². The Morgan fingerprint density at radius 1 is 1.03 bits per heavy atom. The predicted molar refractivity (Wildman–Crippen MR) is 134 cm³/mol. The number of amides is 1. The first-order valence-electron chi connectivity index (χ1n) is 12.0. The maximum atomic E-state index is 12.7. The number of H-pyrrole nitrogens is 1. The Morgan fingerprint density at radius 3 is 2.37 bits per heavy atom. The first-order valence-corrected chi connectivity index (χ1v) is 12.0. The third kappa shape index (κ3) is 5.24. The van der Waals surface area contributed by atoms with Crippen LogP contribution in [0.15, 0.2) is 48.5 Å². The molecule has 0 aliphatic carbocycles. The van der Waals surface area contributed by atoms with Gasteiger partial charge < -0.3 is 9.64 Å². The molecule has 0 saturated heterocycles. The number of aromatic nitrogens is 6. The van der Waals surface area contributed by atoms with Gasteiger partial charge in [-0.1, -0.05) is 61.9 Å². The molecule has 182 valence electrons. The molecule has 1 N–H and O–H groups in total. The molecule has 1 amide bonds. The Morgan fingerprint density at radius 2 is 1.74 bits per heavy atom. The van der Waals surface area contributed by atoms with E-state index in [1.54, 1.807) is 9.58 Å². The molecule has 2 aromatic carbocycles. The lowest BCUT2D eigenvalue weighted by molar-refractivity contribution is 0.153. The van der Waals surface area contributed by atoms with Crippen LogP contribution in [0.3, 0.4) is 0 Å². The van der Waals surface area contributed by atoms with Crippen molar-refractivity contribution < 1.29 is 9.53 Å². The summed E-state index contributed by atoms with van der Waals surface area (Å²) in [6.45, 7) is 7.19. The van der Waals surface area contributed by atoms with E-state index in [9.17, 15) is 4.79 Å². The van der Waals surface area contributed by atoms with Gasteiger partial charge in [0.25, 0.3) is 0 Å². The lowest BCUT2D eigenvalue weighted by Gasteiger charge is -2.18. The molecule has 9 nitrogen and oxygen atoms in total. The summed E-state index contributed by atoms with van der Waals surface area (Å²) >= 11 is 0. The summed E-state index contributed by atoms with van der Waals surface area (Å²) < 4.78 is 7.51. The molecule has 4 rings (SSSR count). The van der Waals surface area contributed by atoms with Gasteiger partial charge in [-0.2, -0.15) is 10.3 Å². The molecule has 0 spiro atoms. The normalized spacial score (nSPS) is 11.0. The number of aromatic amines is 1. The summed E-state index contributed by atoms with van der Waals surface area (Å²) in [5, 5.41) is 19.1. The van der Waals surface area contributed by atoms with Gasteiger partial charge in [0.2, 0.25) is 11.7 Å². The summed E-state index contributed by atoms with van der Waals surface area (Å²) in [5.74, 6) is 1.07. The van der Waals surface area contributed by atoms with E-state index in [4.69, 9.17) is 4.74 Å². The van der Waals surface area contributed by atoms with Gasteiger partial charge >= 0.3 is 6.09 Å². The summed E-state index contributed by atoms with van der Waals surface area (Å²) in [6.07, 6.45) is 2.05. The number of carbonyl (C=O) groups is 1. The molecule has 0 atom stereocenters. The number of nitrogens with zero attached hydrogens (tertiary/aromatic N) is 6. The number of ether oxygens (including phenoxy) is 1. The van der Waals surface area contributed by atoms with Crippen LogP contribution in [-0.2, 0) is 19.9 Å². The Balaban J connectivity index is 1.62. The monoisotopic (exact) mass is 473 g/mol. The van der Waals surface area contributed by atoms with E-state index in [2.05, 4.69) is 56.9 Å². The highest BCUT2D eigenvalue weighted by atomic mass is 16.6. The van der Waals surface area contributed by atoms with Crippen LogP contribution in [0.1, 0.15) is 44.0 Å². The Kier molecular flexibility index (Phi) is 7.54. The van der Waals surface area contributed by atoms with Crippen molar-refractivity contribution in [1.82, 2.24) is 35.3 Å². The highest BCUT2D eigenvalue weighted by Crippen LogP contribution is 2.31. The molecule has 2 heterocycles. The first kappa shape index (κ1) is 24.1. The largest absolute Gasteiger partial charge is 0.416 e. The molecule has 2 aromatic heterocycles. The molecule has 0 aliphatic heterocycles. The van der Waals surface area contributed by atoms with Crippen molar-refractivity contribution in [2.75, 3.05) is 13.1 Å². The minimum absolute atomic E-state index is 0.351. The number of tetrazole rings is 1. The SMILES string of the molecule is CCCc1nn(C)c(OC(=O)N(CC)CC)c1Cc1ccc(-c2ccccc2-c2nn[nH]n2)cc1. The molecule has 9 heteroatoms. The molecule has 0 fully saturated rings. The van der Waals surface area contributed by atoms with Crippen molar-refractivity contribution in [2.24, 2.45) is 7.05 Å². The zero-order valence-electron chi connectivity index (χ0n) is 20.7. The van der Waals surface area contributed by atoms with Gasteiger partial charge in [-0.05, 0) is 42.2 Å². The fraction of sp³-hybridized carbons (Fsp3) is 0.346. The van der Waals surface area contributed by atoms with Crippen LogP contribution >= 0.6 is 0 Å². The molecule has 0 bridgehead atoms. The van der Waals surface area contributed by atoms with Crippen LogP contribution in [0, 0.1) is 0 Å². The van der Waals surface area contributed by atoms with Crippen LogP contribution in [0.2, 0.25) is 0 Å². The van der Waals surface area contributed by atoms with Crippen LogP contribution < -0.4 is 4.74 Å². The Bertz CT molecular complexity index is 1260. The van der Waals surface area contributed by atoms with Crippen molar-refractivity contribution in [3.8, 4) is 28.4 Å². The second kappa shape index (κ2) is 10.9. The summed E-state index contributed by atoms with van der Waals surface area (Å²) in [5.41, 5.74) is 6.02. The van der Waals surface area contributed by atoms with E-state index >= 15 is 0 Å². The van der Waals surface area contributed by atoms with Crippen LogP contribution in [0.25, 0.3) is 22.5 Å². The fourth-order valence-electron chi connectivity index (χ4n) is 4.19. The Labute approximate surface area is 205 Å². The van der Waals surface area contributed by atoms with E-state index < -0.39 is 0 Å². The van der Waals surface area contributed by atoms with Crippen LogP contribution in [0.5, 0.6) is 5.88 Å². The van der Waals surface area contributed by atoms with Gasteiger partial charge in [-0.15, -0.1) is 10.2 Å². The zero-order chi connectivity index (χ0) is 24.8. The van der Waals surface area contributed by atoms with Gasteiger partial charge in [-0.25, -0.2) is 9.48 Å². The smallest absolute Gasteiger partial charge is 0.391 e. The average molecular weight is 474 g/mol. The highest BCUT2D eigenvalue weighted by Gasteiger charge is 2.22. The lowest BCUT2D eigenvalue weighted by atomic mass is 9.96. The van der Waals surface area contributed by atoms with Crippen LogP contribution in [-0.4, -0.2) is 54.5 Å². The number of rotatable bonds is 9. The number of hydrogen-bond donors (Lipinski definition) is 1. The van der Waals surface area contributed by atoms with Gasteiger partial charge in [-0.3, -0.25) is 0 Å².